The first kappa shape index (κ1) is 20.1. The van der Waals surface area contributed by atoms with Gasteiger partial charge in [-0.1, -0.05) is 35.9 Å². The molecule has 0 spiro atoms. The van der Waals surface area contributed by atoms with Gasteiger partial charge in [0.15, 0.2) is 11.5 Å². The van der Waals surface area contributed by atoms with E-state index in [0.29, 0.717) is 29.7 Å². The van der Waals surface area contributed by atoms with Gasteiger partial charge in [-0.05, 0) is 35.9 Å². The number of halogens is 2. The van der Waals surface area contributed by atoms with E-state index in [-0.39, 0.29) is 5.82 Å². The molecule has 2 N–H and O–H groups in total. The van der Waals surface area contributed by atoms with Crippen LogP contribution in [0, 0.1) is 5.82 Å². The Balaban J connectivity index is 1.52. The van der Waals surface area contributed by atoms with Gasteiger partial charge in [0.2, 0.25) is 0 Å². The smallest absolute Gasteiger partial charge is 0.161 e. The minimum atomic E-state index is -0.144. The van der Waals surface area contributed by atoms with Crippen LogP contribution in [0.4, 0.5) is 4.39 Å². The highest BCUT2D eigenvalue weighted by molar-refractivity contribution is 6.29. The van der Waals surface area contributed by atoms with Gasteiger partial charge in [-0.2, -0.15) is 0 Å². The maximum absolute atomic E-state index is 13.6. The fraction of sp³-hybridized carbons (Fsp3) is 0.227. The standard InChI is InChI=1S/C22H22ClFN2O2/c1-27-21-12-16(13-25-11-10-18-4-2-3-5-19(18)24)6-8-20(21)28-15-17-7-9-22(23)26-14-17/h2-9,12,14,25H,10-11,13,15H2,1H3/p+1. The summed E-state index contributed by atoms with van der Waals surface area (Å²) in [6.07, 6.45) is 2.38. The van der Waals surface area contributed by atoms with Crippen molar-refractivity contribution in [3.05, 3.63) is 88.5 Å². The van der Waals surface area contributed by atoms with E-state index in [2.05, 4.69) is 10.3 Å². The highest BCUT2D eigenvalue weighted by Gasteiger charge is 2.08. The number of methoxy groups -OCH3 is 1. The fourth-order valence-electron chi connectivity index (χ4n) is 2.84. The molecule has 4 nitrogen and oxygen atoms in total. The van der Waals surface area contributed by atoms with Gasteiger partial charge in [-0.3, -0.25) is 0 Å². The van der Waals surface area contributed by atoms with Crippen LogP contribution >= 0.6 is 11.6 Å². The zero-order chi connectivity index (χ0) is 19.8. The Labute approximate surface area is 169 Å². The van der Waals surface area contributed by atoms with E-state index >= 15 is 0 Å². The van der Waals surface area contributed by atoms with Gasteiger partial charge < -0.3 is 14.8 Å². The van der Waals surface area contributed by atoms with E-state index in [9.17, 15) is 4.39 Å². The number of nitrogens with zero attached hydrogens (tertiary/aromatic N) is 1. The van der Waals surface area contributed by atoms with Crippen molar-refractivity contribution in [1.82, 2.24) is 4.98 Å². The zero-order valence-electron chi connectivity index (χ0n) is 15.7. The Bertz CT molecular complexity index is 903. The monoisotopic (exact) mass is 401 g/mol. The molecule has 0 aliphatic carbocycles. The molecule has 0 saturated carbocycles. The highest BCUT2D eigenvalue weighted by Crippen LogP contribution is 2.28. The Hall–Kier alpha value is -2.63. The van der Waals surface area contributed by atoms with E-state index in [1.54, 1.807) is 25.4 Å². The van der Waals surface area contributed by atoms with Crippen LogP contribution in [0.15, 0.2) is 60.8 Å². The molecule has 0 saturated heterocycles. The number of quaternary nitrogens is 1. The fourth-order valence-corrected chi connectivity index (χ4v) is 2.95. The number of ether oxygens (including phenoxy) is 2. The maximum Gasteiger partial charge on any atom is 0.161 e. The molecular formula is C22H23ClFN2O2+. The predicted molar refractivity (Wildman–Crippen MR) is 107 cm³/mol. The van der Waals surface area contributed by atoms with Gasteiger partial charge in [0.25, 0.3) is 0 Å². The number of aromatic nitrogens is 1. The van der Waals surface area contributed by atoms with E-state index in [1.807, 2.05) is 36.4 Å². The molecule has 28 heavy (non-hydrogen) atoms. The first-order valence-corrected chi connectivity index (χ1v) is 9.48. The lowest BCUT2D eigenvalue weighted by atomic mass is 10.1. The third kappa shape index (κ3) is 5.68. The van der Waals surface area contributed by atoms with Gasteiger partial charge in [0, 0.05) is 23.7 Å². The molecule has 1 heterocycles. The van der Waals surface area contributed by atoms with E-state index in [1.165, 1.54) is 6.07 Å². The molecule has 0 aliphatic rings. The van der Waals surface area contributed by atoms with Gasteiger partial charge in [-0.25, -0.2) is 9.37 Å². The second kappa shape index (κ2) is 10.1. The molecular weight excluding hydrogens is 379 g/mol. The second-order valence-electron chi connectivity index (χ2n) is 6.39. The SMILES string of the molecule is COc1cc(C[NH2+]CCc2ccccc2F)ccc1OCc1ccc(Cl)nc1. The lowest BCUT2D eigenvalue weighted by Gasteiger charge is -2.12. The number of benzene rings is 2. The van der Waals surface area contributed by atoms with Crippen LogP contribution in [0.5, 0.6) is 11.5 Å². The van der Waals surface area contributed by atoms with Crippen LogP contribution in [0.25, 0.3) is 0 Å². The van der Waals surface area contributed by atoms with Crippen molar-refractivity contribution in [3.63, 3.8) is 0 Å². The zero-order valence-corrected chi connectivity index (χ0v) is 16.5. The summed E-state index contributed by atoms with van der Waals surface area (Å²) in [6.45, 7) is 1.98. The van der Waals surface area contributed by atoms with Gasteiger partial charge >= 0.3 is 0 Å². The Morgan fingerprint density at radius 3 is 2.61 bits per heavy atom. The highest BCUT2D eigenvalue weighted by atomic mass is 35.5. The van der Waals surface area contributed by atoms with Crippen molar-refractivity contribution in [1.29, 1.82) is 0 Å². The number of pyridine rings is 1. The maximum atomic E-state index is 13.6. The molecule has 2 aromatic carbocycles. The van der Waals surface area contributed by atoms with Gasteiger partial charge in [0.1, 0.15) is 24.1 Å². The summed E-state index contributed by atoms with van der Waals surface area (Å²) in [5, 5.41) is 2.61. The molecule has 0 aliphatic heterocycles. The van der Waals surface area contributed by atoms with E-state index < -0.39 is 0 Å². The molecule has 0 unspecified atom stereocenters. The topological polar surface area (TPSA) is 48.0 Å². The Morgan fingerprint density at radius 1 is 1.04 bits per heavy atom. The van der Waals surface area contributed by atoms with Crippen molar-refractivity contribution in [2.24, 2.45) is 0 Å². The lowest BCUT2D eigenvalue weighted by Crippen LogP contribution is -2.83. The van der Waals surface area contributed by atoms with E-state index in [4.69, 9.17) is 21.1 Å². The summed E-state index contributed by atoms with van der Waals surface area (Å²) < 4.78 is 24.9. The normalized spacial score (nSPS) is 10.7. The molecule has 6 heteroatoms. The molecule has 3 rings (SSSR count). The Kier molecular flexibility index (Phi) is 7.23. The molecule has 0 fully saturated rings. The average Bonchev–Trinajstić information content (AvgIpc) is 2.72. The van der Waals surface area contributed by atoms with Crippen molar-refractivity contribution < 1.29 is 19.2 Å². The molecule has 0 radical (unpaired) electrons. The van der Waals surface area contributed by atoms with Crippen LogP contribution in [0.1, 0.15) is 16.7 Å². The van der Waals surface area contributed by atoms with Gasteiger partial charge in [-0.15, -0.1) is 0 Å². The van der Waals surface area contributed by atoms with Crippen LogP contribution in [-0.2, 0) is 19.6 Å². The number of hydrogen-bond donors (Lipinski definition) is 1. The third-order valence-corrected chi connectivity index (χ3v) is 4.59. The molecule has 1 aromatic heterocycles. The van der Waals surface area contributed by atoms with Crippen molar-refractivity contribution in [2.75, 3.05) is 13.7 Å². The molecule has 0 amide bonds. The van der Waals surface area contributed by atoms with Crippen molar-refractivity contribution in [3.8, 4) is 11.5 Å². The van der Waals surface area contributed by atoms with E-state index in [0.717, 1.165) is 29.8 Å². The second-order valence-corrected chi connectivity index (χ2v) is 6.77. The Morgan fingerprint density at radius 2 is 1.86 bits per heavy atom. The summed E-state index contributed by atoms with van der Waals surface area (Å²) in [6, 6.07) is 16.4. The van der Waals surface area contributed by atoms with Crippen molar-refractivity contribution >= 4 is 11.6 Å². The number of rotatable bonds is 9. The number of nitrogens with two attached hydrogens (primary N) is 1. The largest absolute Gasteiger partial charge is 0.493 e. The predicted octanol–water partition coefficient (Wildman–Crippen LogP) is 3.77. The molecule has 146 valence electrons. The summed E-state index contributed by atoms with van der Waals surface area (Å²) in [7, 11) is 1.62. The molecule has 0 bridgehead atoms. The first-order chi connectivity index (χ1) is 13.7. The van der Waals surface area contributed by atoms with Gasteiger partial charge in [0.05, 0.1) is 13.7 Å². The summed E-state index contributed by atoms with van der Waals surface area (Å²) in [5.41, 5.74) is 2.79. The summed E-state index contributed by atoms with van der Waals surface area (Å²) >= 11 is 5.80. The quantitative estimate of drug-likeness (QED) is 0.438. The lowest BCUT2D eigenvalue weighted by molar-refractivity contribution is -0.670. The average molecular weight is 402 g/mol. The molecule has 0 atom stereocenters. The van der Waals surface area contributed by atoms with Crippen LogP contribution in [0.3, 0.4) is 0 Å². The third-order valence-electron chi connectivity index (χ3n) is 4.37. The summed E-state index contributed by atoms with van der Waals surface area (Å²) in [5.74, 6) is 1.21. The first-order valence-electron chi connectivity index (χ1n) is 9.11. The van der Waals surface area contributed by atoms with Crippen LogP contribution < -0.4 is 14.8 Å². The minimum absolute atomic E-state index is 0.144. The summed E-state index contributed by atoms with van der Waals surface area (Å²) in [4.78, 5) is 4.04. The van der Waals surface area contributed by atoms with Crippen LogP contribution in [0.2, 0.25) is 5.15 Å². The molecule has 3 aromatic rings. The minimum Gasteiger partial charge on any atom is -0.493 e. The van der Waals surface area contributed by atoms with Crippen LogP contribution in [-0.4, -0.2) is 18.6 Å². The number of hydrogen-bond acceptors (Lipinski definition) is 3. The van der Waals surface area contributed by atoms with Crippen molar-refractivity contribution in [2.45, 2.75) is 19.6 Å².